The summed E-state index contributed by atoms with van der Waals surface area (Å²) >= 11 is 2.94. The molecule has 0 unspecified atom stereocenters. The van der Waals surface area contributed by atoms with Gasteiger partial charge >= 0.3 is 5.97 Å². The lowest BCUT2D eigenvalue weighted by Gasteiger charge is -2.35. The van der Waals surface area contributed by atoms with Crippen LogP contribution in [-0.4, -0.2) is 72.4 Å². The molecule has 34 heavy (non-hydrogen) atoms. The van der Waals surface area contributed by atoms with Crippen molar-refractivity contribution in [3.63, 3.8) is 0 Å². The maximum atomic E-state index is 13.1. The Kier molecular flexibility index (Phi) is 6.60. The molecule has 5 rings (SSSR count). The first kappa shape index (κ1) is 22.9. The van der Waals surface area contributed by atoms with E-state index in [-0.39, 0.29) is 17.6 Å². The Morgan fingerprint density at radius 3 is 2.76 bits per heavy atom. The Morgan fingerprint density at radius 2 is 2.00 bits per heavy atom. The molecule has 10 heteroatoms. The van der Waals surface area contributed by atoms with E-state index in [1.807, 2.05) is 23.1 Å². The first-order chi connectivity index (χ1) is 16.6. The van der Waals surface area contributed by atoms with Gasteiger partial charge in [-0.25, -0.2) is 9.97 Å². The molecular formula is C24H26N4O4S2. The summed E-state index contributed by atoms with van der Waals surface area (Å²) in [6.07, 6.45) is 1.83. The highest BCUT2D eigenvalue weighted by Crippen LogP contribution is 2.34. The van der Waals surface area contributed by atoms with Gasteiger partial charge in [-0.3, -0.25) is 9.59 Å². The predicted molar refractivity (Wildman–Crippen MR) is 133 cm³/mol. The van der Waals surface area contributed by atoms with E-state index in [1.165, 1.54) is 23.7 Å². The lowest BCUT2D eigenvalue weighted by molar-refractivity contribution is -0.137. The van der Waals surface area contributed by atoms with Crippen molar-refractivity contribution in [1.29, 1.82) is 0 Å². The van der Waals surface area contributed by atoms with Crippen LogP contribution < -0.4 is 9.64 Å². The maximum Gasteiger partial charge on any atom is 0.316 e. The Hall–Kier alpha value is -2.85. The Morgan fingerprint density at radius 1 is 1.18 bits per heavy atom. The van der Waals surface area contributed by atoms with E-state index in [4.69, 9.17) is 14.5 Å². The second kappa shape index (κ2) is 9.79. The van der Waals surface area contributed by atoms with Crippen LogP contribution in [0, 0.1) is 0 Å². The molecular weight excluding hydrogens is 472 g/mol. The Labute approximate surface area is 206 Å². The van der Waals surface area contributed by atoms with Crippen LogP contribution in [0.1, 0.15) is 27.7 Å². The van der Waals surface area contributed by atoms with E-state index in [0.717, 1.165) is 40.2 Å². The van der Waals surface area contributed by atoms with Crippen LogP contribution in [0.5, 0.6) is 5.75 Å². The molecule has 1 fully saturated rings. The third-order valence-electron chi connectivity index (χ3n) is 6.11. The summed E-state index contributed by atoms with van der Waals surface area (Å²) in [5.41, 5.74) is 1.84. The minimum atomic E-state index is -0.306. The van der Waals surface area contributed by atoms with Gasteiger partial charge in [-0.1, -0.05) is 24.8 Å². The molecule has 0 spiro atoms. The second-order valence-corrected chi connectivity index (χ2v) is 10.2. The molecule has 178 valence electrons. The second-order valence-electron chi connectivity index (χ2n) is 8.18. The number of aryl methyl sites for hydroxylation is 1. The lowest BCUT2D eigenvalue weighted by Crippen LogP contribution is -2.49. The molecule has 0 radical (unpaired) electrons. The summed E-state index contributed by atoms with van der Waals surface area (Å²) in [5, 5.41) is 1.59. The summed E-state index contributed by atoms with van der Waals surface area (Å²) < 4.78 is 10.4. The van der Waals surface area contributed by atoms with Crippen molar-refractivity contribution in [2.24, 2.45) is 0 Å². The predicted octanol–water partition coefficient (Wildman–Crippen LogP) is 3.42. The third kappa shape index (κ3) is 4.56. The molecule has 2 aliphatic rings. The van der Waals surface area contributed by atoms with Gasteiger partial charge in [-0.05, 0) is 30.2 Å². The van der Waals surface area contributed by atoms with E-state index >= 15 is 0 Å². The zero-order valence-corrected chi connectivity index (χ0v) is 20.8. The summed E-state index contributed by atoms with van der Waals surface area (Å²) in [6.45, 7) is 5.38. The number of nitrogens with zero attached hydrogens (tertiary/aromatic N) is 4. The number of piperazine rings is 1. The number of benzene rings is 1. The summed E-state index contributed by atoms with van der Waals surface area (Å²) in [4.78, 5) is 40.5. The quantitative estimate of drug-likeness (QED) is 0.290. The molecule has 4 heterocycles. The lowest BCUT2D eigenvalue weighted by atomic mass is 10.1. The summed E-state index contributed by atoms with van der Waals surface area (Å²) in [6, 6.07) is 7.93. The molecule has 0 aliphatic carbocycles. The number of anilines is 1. The van der Waals surface area contributed by atoms with Gasteiger partial charge in [0.1, 0.15) is 16.4 Å². The minimum absolute atomic E-state index is 0.0314. The Balaban J connectivity index is 1.33. The molecule has 3 aromatic rings. The van der Waals surface area contributed by atoms with Crippen LogP contribution in [-0.2, 0) is 22.4 Å². The number of carbonyl (C=O) groups excluding carboxylic acids is 2. The highest BCUT2D eigenvalue weighted by atomic mass is 32.2. The topological polar surface area (TPSA) is 84.9 Å². The summed E-state index contributed by atoms with van der Waals surface area (Å²) in [7, 11) is 1.38. The molecule has 8 nitrogen and oxygen atoms in total. The summed E-state index contributed by atoms with van der Waals surface area (Å²) in [5.74, 6) is 1.59. The number of methoxy groups -OCH3 is 1. The number of fused-ring (bicyclic) bond motifs is 2. The largest absolute Gasteiger partial charge is 0.493 e. The zero-order valence-electron chi connectivity index (χ0n) is 19.2. The van der Waals surface area contributed by atoms with E-state index in [0.29, 0.717) is 43.5 Å². The highest BCUT2D eigenvalue weighted by Gasteiger charge is 2.26. The number of thioether (sulfide) groups is 1. The molecule has 1 aromatic carbocycles. The van der Waals surface area contributed by atoms with E-state index in [1.54, 1.807) is 11.3 Å². The van der Waals surface area contributed by atoms with Crippen molar-refractivity contribution in [3.05, 3.63) is 40.3 Å². The van der Waals surface area contributed by atoms with Crippen molar-refractivity contribution >= 4 is 51.0 Å². The van der Waals surface area contributed by atoms with Gasteiger partial charge in [0.2, 0.25) is 0 Å². The zero-order chi connectivity index (χ0) is 23.7. The van der Waals surface area contributed by atoms with Gasteiger partial charge < -0.3 is 19.3 Å². The molecule has 1 amide bonds. The van der Waals surface area contributed by atoms with Gasteiger partial charge in [0.25, 0.3) is 5.91 Å². The number of hydrogen-bond donors (Lipinski definition) is 0. The van der Waals surface area contributed by atoms with Crippen molar-refractivity contribution in [1.82, 2.24) is 14.9 Å². The van der Waals surface area contributed by atoms with Gasteiger partial charge in [0.15, 0.2) is 5.16 Å². The fraction of sp³-hybridized carbons (Fsp3) is 0.417. The molecule has 2 aromatic heterocycles. The van der Waals surface area contributed by atoms with E-state index < -0.39 is 0 Å². The van der Waals surface area contributed by atoms with Crippen LogP contribution in [0.3, 0.4) is 0 Å². The number of esters is 1. The number of carbonyl (C=O) groups is 2. The number of rotatable bonds is 6. The van der Waals surface area contributed by atoms with Crippen LogP contribution in [0.25, 0.3) is 10.2 Å². The van der Waals surface area contributed by atoms with Gasteiger partial charge in [-0.2, -0.15) is 0 Å². The SMILES string of the molecule is CCc1cc2c(N3CCN(C(=O)c4ccc5c(c4)OCC5)CC3)nc(SCC(=O)OC)nc2s1. The monoisotopic (exact) mass is 498 g/mol. The number of thiophene rings is 1. The first-order valence-corrected chi connectivity index (χ1v) is 13.2. The van der Waals surface area contributed by atoms with Crippen LogP contribution in [0.15, 0.2) is 29.4 Å². The van der Waals surface area contributed by atoms with Crippen molar-refractivity contribution in [2.75, 3.05) is 50.5 Å². The van der Waals surface area contributed by atoms with Gasteiger partial charge in [0, 0.05) is 43.0 Å². The van der Waals surface area contributed by atoms with Crippen LogP contribution in [0.4, 0.5) is 5.82 Å². The number of aromatic nitrogens is 2. The van der Waals surface area contributed by atoms with Crippen LogP contribution in [0.2, 0.25) is 0 Å². The fourth-order valence-electron chi connectivity index (χ4n) is 4.20. The molecule has 0 saturated carbocycles. The molecule has 2 aliphatic heterocycles. The maximum absolute atomic E-state index is 13.1. The number of ether oxygens (including phenoxy) is 2. The van der Waals surface area contributed by atoms with Crippen LogP contribution >= 0.6 is 23.1 Å². The van der Waals surface area contributed by atoms with Crippen molar-refractivity contribution < 1.29 is 19.1 Å². The normalized spacial score (nSPS) is 15.4. The van der Waals surface area contributed by atoms with Gasteiger partial charge in [-0.15, -0.1) is 11.3 Å². The molecule has 0 N–H and O–H groups in total. The number of hydrogen-bond acceptors (Lipinski definition) is 9. The van der Waals surface area contributed by atoms with E-state index in [2.05, 4.69) is 22.9 Å². The molecule has 0 atom stereocenters. The smallest absolute Gasteiger partial charge is 0.316 e. The fourth-order valence-corrected chi connectivity index (χ4v) is 5.89. The number of amides is 1. The molecule has 0 bridgehead atoms. The molecule has 1 saturated heterocycles. The standard InChI is InChI=1S/C24H26N4O4S2/c1-3-17-13-18-21(25-24(26-22(18)34-17)33-14-20(29)31-2)27-7-9-28(10-8-27)23(30)16-5-4-15-6-11-32-19(15)12-16/h4-5,12-13H,3,6-11,14H2,1-2H3. The first-order valence-electron chi connectivity index (χ1n) is 11.4. The average molecular weight is 499 g/mol. The van der Waals surface area contributed by atoms with Crippen molar-refractivity contribution in [3.8, 4) is 5.75 Å². The van der Waals surface area contributed by atoms with E-state index in [9.17, 15) is 9.59 Å². The average Bonchev–Trinajstić information content (AvgIpc) is 3.52. The minimum Gasteiger partial charge on any atom is -0.493 e. The Bertz CT molecular complexity index is 1240. The van der Waals surface area contributed by atoms with Crippen molar-refractivity contribution in [2.45, 2.75) is 24.9 Å². The van der Waals surface area contributed by atoms with Gasteiger partial charge in [0.05, 0.1) is 24.9 Å². The highest BCUT2D eigenvalue weighted by molar-refractivity contribution is 7.99. The third-order valence-corrected chi connectivity index (χ3v) is 8.10.